The molecule has 0 bridgehead atoms. The first-order valence-corrected chi connectivity index (χ1v) is 17.4. The van der Waals surface area contributed by atoms with Crippen molar-refractivity contribution in [2.75, 3.05) is 42.7 Å². The quantitative estimate of drug-likeness (QED) is 0.0954. The highest BCUT2D eigenvalue weighted by Crippen LogP contribution is 2.30. The van der Waals surface area contributed by atoms with Crippen molar-refractivity contribution in [1.82, 2.24) is 0 Å². The summed E-state index contributed by atoms with van der Waals surface area (Å²) in [5, 5.41) is 0. The minimum absolute atomic E-state index is 0.699. The van der Waals surface area contributed by atoms with Crippen LogP contribution in [0.25, 0.3) is 36.5 Å². The molecule has 0 fully saturated rings. The summed E-state index contributed by atoms with van der Waals surface area (Å²) >= 11 is 0. The molecule has 0 saturated heterocycles. The minimum Gasteiger partial charge on any atom is -0.493 e. The van der Waals surface area contributed by atoms with Crippen LogP contribution in [0.5, 0.6) is 34.5 Å². The van der Waals surface area contributed by atoms with E-state index in [1.165, 1.54) is 0 Å². The Hall–Kier alpha value is -6.66. The van der Waals surface area contributed by atoms with Crippen LogP contribution < -0.4 is 28.4 Å². The first kappa shape index (κ1) is 40.1. The van der Waals surface area contributed by atoms with E-state index in [0.29, 0.717) is 34.5 Å². The van der Waals surface area contributed by atoms with Gasteiger partial charge in [-0.3, -0.25) is 0 Å². The van der Waals surface area contributed by atoms with Crippen molar-refractivity contribution in [1.29, 1.82) is 0 Å². The molecule has 0 N–H and O–H groups in total. The molecule has 0 amide bonds. The van der Waals surface area contributed by atoms with Gasteiger partial charge in [-0.1, -0.05) is 128 Å². The smallest absolute Gasteiger partial charge is 0.161 e. The largest absolute Gasteiger partial charge is 0.493 e. The van der Waals surface area contributed by atoms with E-state index in [1.807, 2.05) is 146 Å². The molecule has 0 saturated carbocycles. The van der Waals surface area contributed by atoms with E-state index in [-0.39, 0.29) is 0 Å². The number of allylic oxidation sites excluding steroid dienone is 12. The van der Waals surface area contributed by atoms with Crippen LogP contribution in [0.3, 0.4) is 0 Å². The fraction of sp³-hybridized carbons (Fsp3) is 0.125. The zero-order valence-corrected chi connectivity index (χ0v) is 31.8. The fourth-order valence-corrected chi connectivity index (χ4v) is 5.25. The number of hydrogen-bond donors (Lipinski definition) is 0. The zero-order valence-electron chi connectivity index (χ0n) is 31.8. The third-order valence-corrected chi connectivity index (χ3v) is 7.95. The van der Waals surface area contributed by atoms with Crippen LogP contribution in [0.15, 0.2) is 146 Å². The van der Waals surface area contributed by atoms with Crippen molar-refractivity contribution in [3.8, 4) is 34.5 Å². The van der Waals surface area contributed by atoms with Gasteiger partial charge in [0.15, 0.2) is 34.5 Å². The van der Waals surface area contributed by atoms with E-state index in [4.69, 9.17) is 28.4 Å². The van der Waals surface area contributed by atoms with Crippen LogP contribution >= 0.6 is 0 Å². The van der Waals surface area contributed by atoms with Gasteiger partial charge < -0.3 is 28.4 Å². The van der Waals surface area contributed by atoms with Crippen molar-refractivity contribution in [3.05, 3.63) is 179 Å². The van der Waals surface area contributed by atoms with Gasteiger partial charge in [-0.05, 0) is 88.0 Å². The van der Waals surface area contributed by atoms with Gasteiger partial charge >= 0.3 is 0 Å². The lowest BCUT2D eigenvalue weighted by Crippen LogP contribution is -1.90. The lowest BCUT2D eigenvalue weighted by atomic mass is 10.0. The van der Waals surface area contributed by atoms with Gasteiger partial charge in [0.2, 0.25) is 0 Å². The third-order valence-electron chi connectivity index (χ3n) is 7.95. The van der Waals surface area contributed by atoms with E-state index in [9.17, 15) is 0 Å². The second-order valence-corrected chi connectivity index (χ2v) is 11.6. The molecular weight excluding hydrogens is 673 g/mol. The van der Waals surface area contributed by atoms with Gasteiger partial charge in [-0.25, -0.2) is 0 Å². The summed E-state index contributed by atoms with van der Waals surface area (Å²) in [4.78, 5) is 0. The molecule has 0 aromatic heterocycles. The van der Waals surface area contributed by atoms with Gasteiger partial charge in [-0.2, -0.15) is 0 Å². The molecule has 0 heterocycles. The molecule has 6 nitrogen and oxygen atoms in total. The van der Waals surface area contributed by atoms with Crippen molar-refractivity contribution in [2.24, 2.45) is 0 Å². The molecule has 0 aliphatic carbocycles. The van der Waals surface area contributed by atoms with Crippen LogP contribution in [0.1, 0.15) is 33.4 Å². The molecule has 0 atom stereocenters. The number of hydrogen-bond acceptors (Lipinski definition) is 6. The standard InChI is InChI=1S/C48H48O6/c1-49-43-28-25-37(34-46(43)52-4)19-13-7-10-16-22-40-31-41(23-17-11-8-14-20-38-26-29-44(50-2)47(35-38)53-5)33-42(32-40)24-18-12-9-15-21-39-27-30-45(51-3)48(36-39)54-6/h7-36H,1-6H3/b10-7+,11-8+,12-9+,19-13+,20-14+,21-15+,22-16+,23-17+,24-18+. The van der Waals surface area contributed by atoms with Gasteiger partial charge in [0.1, 0.15) is 0 Å². The van der Waals surface area contributed by atoms with E-state index < -0.39 is 0 Å². The van der Waals surface area contributed by atoms with Crippen LogP contribution in [0.2, 0.25) is 0 Å². The van der Waals surface area contributed by atoms with Gasteiger partial charge in [0, 0.05) is 0 Å². The fourth-order valence-electron chi connectivity index (χ4n) is 5.25. The average Bonchev–Trinajstić information content (AvgIpc) is 3.21. The Kier molecular flexibility index (Phi) is 16.6. The van der Waals surface area contributed by atoms with Crippen LogP contribution in [0, 0.1) is 0 Å². The summed E-state index contributed by atoms with van der Waals surface area (Å²) in [6.45, 7) is 0. The summed E-state index contributed by atoms with van der Waals surface area (Å²) in [6, 6.07) is 24.0. The number of rotatable bonds is 18. The molecule has 4 aromatic rings. The Morgan fingerprint density at radius 1 is 0.241 bits per heavy atom. The van der Waals surface area contributed by atoms with Crippen molar-refractivity contribution in [3.63, 3.8) is 0 Å². The van der Waals surface area contributed by atoms with E-state index in [0.717, 1.165) is 33.4 Å². The topological polar surface area (TPSA) is 55.4 Å². The van der Waals surface area contributed by atoms with Crippen molar-refractivity contribution >= 4 is 36.5 Å². The monoisotopic (exact) mass is 720 g/mol. The molecular formula is C48H48O6. The van der Waals surface area contributed by atoms with Gasteiger partial charge in [0.05, 0.1) is 42.7 Å². The average molecular weight is 721 g/mol. The molecule has 4 rings (SSSR count). The maximum absolute atomic E-state index is 5.41. The Morgan fingerprint density at radius 3 is 0.685 bits per heavy atom. The van der Waals surface area contributed by atoms with Crippen LogP contribution in [-0.2, 0) is 0 Å². The Balaban J connectivity index is 1.46. The van der Waals surface area contributed by atoms with E-state index >= 15 is 0 Å². The second kappa shape index (κ2) is 22.3. The zero-order chi connectivity index (χ0) is 38.4. The SMILES string of the molecule is COc1ccc(/C=C/C=C/C=C/c2cc(/C=C/C=C/C=C/c3ccc(OC)c(OC)c3)cc(/C=C/C=C/C=C/c3ccc(OC)c(OC)c3)c2)cc1OC. The van der Waals surface area contributed by atoms with Gasteiger partial charge in [-0.15, -0.1) is 0 Å². The molecule has 0 radical (unpaired) electrons. The maximum Gasteiger partial charge on any atom is 0.161 e. The van der Waals surface area contributed by atoms with E-state index in [1.54, 1.807) is 42.7 Å². The third kappa shape index (κ3) is 12.8. The highest BCUT2D eigenvalue weighted by molar-refractivity contribution is 5.67. The summed E-state index contributed by atoms with van der Waals surface area (Å²) in [6.07, 6.45) is 36.5. The van der Waals surface area contributed by atoms with Gasteiger partial charge in [0.25, 0.3) is 0 Å². The first-order chi connectivity index (χ1) is 26.5. The molecule has 276 valence electrons. The molecule has 0 aliphatic heterocycles. The summed E-state index contributed by atoms with van der Waals surface area (Å²) < 4.78 is 32.2. The Morgan fingerprint density at radius 2 is 0.463 bits per heavy atom. The molecule has 6 heteroatoms. The summed E-state index contributed by atoms with van der Waals surface area (Å²) in [5.74, 6) is 4.22. The first-order valence-electron chi connectivity index (χ1n) is 17.4. The predicted octanol–water partition coefficient (Wildman–Crippen LogP) is 11.6. The molecule has 4 aromatic carbocycles. The lowest BCUT2D eigenvalue weighted by Gasteiger charge is -2.07. The number of benzene rings is 4. The normalized spacial score (nSPS) is 12.3. The van der Waals surface area contributed by atoms with Crippen molar-refractivity contribution < 1.29 is 28.4 Å². The lowest BCUT2D eigenvalue weighted by molar-refractivity contribution is 0.355. The highest BCUT2D eigenvalue weighted by Gasteiger charge is 2.04. The maximum atomic E-state index is 5.41. The number of methoxy groups -OCH3 is 6. The summed E-state index contributed by atoms with van der Waals surface area (Å²) in [7, 11) is 9.80. The molecule has 54 heavy (non-hydrogen) atoms. The Bertz CT molecular complexity index is 1840. The number of ether oxygens (including phenoxy) is 6. The van der Waals surface area contributed by atoms with E-state index in [2.05, 4.69) is 36.4 Å². The van der Waals surface area contributed by atoms with Crippen LogP contribution in [-0.4, -0.2) is 42.7 Å². The molecule has 0 unspecified atom stereocenters. The van der Waals surface area contributed by atoms with Crippen molar-refractivity contribution in [2.45, 2.75) is 0 Å². The summed E-state index contributed by atoms with van der Waals surface area (Å²) in [5.41, 5.74) is 6.31. The molecule has 0 spiro atoms. The Labute approximate surface area is 320 Å². The second-order valence-electron chi connectivity index (χ2n) is 11.6. The van der Waals surface area contributed by atoms with Crippen LogP contribution in [0.4, 0.5) is 0 Å². The molecule has 0 aliphatic rings. The highest BCUT2D eigenvalue weighted by atomic mass is 16.5. The minimum atomic E-state index is 0.699. The predicted molar refractivity (Wildman–Crippen MR) is 227 cm³/mol.